The molecule has 0 radical (unpaired) electrons. The average Bonchev–Trinajstić information content (AvgIpc) is 2.59. The Morgan fingerprint density at radius 2 is 2.31 bits per heavy atom. The minimum absolute atomic E-state index is 0.0506. The summed E-state index contributed by atoms with van der Waals surface area (Å²) in [7, 11) is 0. The molecule has 1 aromatic rings. The quantitative estimate of drug-likeness (QED) is 0.574. The molecule has 0 atom stereocenters. The van der Waals surface area contributed by atoms with Gasteiger partial charge in [-0.3, -0.25) is 5.41 Å². The highest BCUT2D eigenvalue weighted by molar-refractivity contribution is 5.99. The van der Waals surface area contributed by atoms with Crippen LogP contribution in [0.15, 0.2) is 12.3 Å². The van der Waals surface area contributed by atoms with Gasteiger partial charge in [0.15, 0.2) is 5.82 Å². The van der Waals surface area contributed by atoms with Gasteiger partial charge in [0.25, 0.3) is 0 Å². The fourth-order valence-electron chi connectivity index (χ4n) is 2.06. The summed E-state index contributed by atoms with van der Waals surface area (Å²) in [6.07, 6.45) is 2.70. The molecule has 2 rings (SSSR count). The van der Waals surface area contributed by atoms with Crippen LogP contribution in [0.5, 0.6) is 0 Å². The molecule has 86 valence electrons. The highest BCUT2D eigenvalue weighted by Gasteiger charge is 2.31. The molecule has 5 nitrogen and oxygen atoms in total. The zero-order valence-electron chi connectivity index (χ0n) is 9.70. The van der Waals surface area contributed by atoms with Gasteiger partial charge in [0.05, 0.1) is 11.8 Å². The molecule has 0 unspecified atom stereocenters. The van der Waals surface area contributed by atoms with Gasteiger partial charge in [0.1, 0.15) is 5.84 Å². The van der Waals surface area contributed by atoms with Crippen molar-refractivity contribution in [3.8, 4) is 0 Å². The Bertz CT molecular complexity index is 413. The van der Waals surface area contributed by atoms with Crippen molar-refractivity contribution in [3.05, 3.63) is 17.8 Å². The minimum Gasteiger partial charge on any atom is -0.384 e. The third-order valence-electron chi connectivity index (χ3n) is 2.97. The molecule has 2 heterocycles. The predicted molar refractivity (Wildman–Crippen MR) is 63.7 cm³/mol. The van der Waals surface area contributed by atoms with Gasteiger partial charge in [0.2, 0.25) is 0 Å². The number of nitrogen functional groups attached to an aromatic ring is 1. The molecule has 1 fully saturated rings. The SMILES string of the molecule is CC1(C)CCN(c2nnccc2C(=N)N)C1. The van der Waals surface area contributed by atoms with Crippen molar-refractivity contribution in [2.75, 3.05) is 18.0 Å². The Morgan fingerprint density at radius 3 is 2.88 bits per heavy atom. The van der Waals surface area contributed by atoms with Gasteiger partial charge < -0.3 is 10.6 Å². The molecule has 0 bridgehead atoms. The Balaban J connectivity index is 2.31. The molecule has 0 aliphatic carbocycles. The molecule has 5 heteroatoms. The first kappa shape index (κ1) is 10.9. The normalized spacial score (nSPS) is 18.8. The molecule has 0 aromatic carbocycles. The van der Waals surface area contributed by atoms with E-state index in [0.29, 0.717) is 11.0 Å². The van der Waals surface area contributed by atoms with Crippen molar-refractivity contribution >= 4 is 11.7 Å². The van der Waals surface area contributed by atoms with Gasteiger partial charge in [-0.15, -0.1) is 5.10 Å². The van der Waals surface area contributed by atoms with Crippen LogP contribution in [0.3, 0.4) is 0 Å². The van der Waals surface area contributed by atoms with E-state index in [2.05, 4.69) is 28.9 Å². The summed E-state index contributed by atoms with van der Waals surface area (Å²) in [6.45, 7) is 6.35. The first-order valence-electron chi connectivity index (χ1n) is 5.41. The maximum absolute atomic E-state index is 7.52. The fraction of sp³-hybridized carbons (Fsp3) is 0.545. The first-order chi connectivity index (χ1) is 7.49. The van der Waals surface area contributed by atoms with Crippen molar-refractivity contribution in [1.82, 2.24) is 10.2 Å². The van der Waals surface area contributed by atoms with E-state index in [1.165, 1.54) is 0 Å². The summed E-state index contributed by atoms with van der Waals surface area (Å²) >= 11 is 0. The zero-order valence-corrected chi connectivity index (χ0v) is 9.70. The lowest BCUT2D eigenvalue weighted by molar-refractivity contribution is 0.418. The van der Waals surface area contributed by atoms with Crippen molar-refractivity contribution in [1.29, 1.82) is 5.41 Å². The maximum atomic E-state index is 7.52. The summed E-state index contributed by atoms with van der Waals surface area (Å²) in [5.41, 5.74) is 6.51. The van der Waals surface area contributed by atoms with E-state index in [4.69, 9.17) is 11.1 Å². The van der Waals surface area contributed by atoms with E-state index in [0.717, 1.165) is 25.3 Å². The number of nitrogens with one attached hydrogen (secondary N) is 1. The molecule has 1 aliphatic rings. The molecular formula is C11H17N5. The molecule has 1 aromatic heterocycles. The van der Waals surface area contributed by atoms with Crippen LogP contribution in [0.2, 0.25) is 0 Å². The lowest BCUT2D eigenvalue weighted by atomic mass is 9.93. The zero-order chi connectivity index (χ0) is 11.8. The summed E-state index contributed by atoms with van der Waals surface area (Å²) < 4.78 is 0. The second-order valence-electron chi connectivity index (χ2n) is 5.02. The van der Waals surface area contributed by atoms with Crippen LogP contribution < -0.4 is 10.6 Å². The standard InChI is InChI=1S/C11H17N5/c1-11(2)4-6-16(7-11)10-8(9(12)13)3-5-14-15-10/h3,5H,4,6-7H2,1-2H3,(H3,12,13). The van der Waals surface area contributed by atoms with Gasteiger partial charge in [-0.2, -0.15) is 5.10 Å². The second-order valence-corrected chi connectivity index (χ2v) is 5.02. The first-order valence-corrected chi connectivity index (χ1v) is 5.41. The highest BCUT2D eigenvalue weighted by atomic mass is 15.3. The number of hydrogen-bond donors (Lipinski definition) is 2. The van der Waals surface area contributed by atoms with Gasteiger partial charge in [-0.1, -0.05) is 13.8 Å². The Hall–Kier alpha value is -1.65. The van der Waals surface area contributed by atoms with Crippen molar-refractivity contribution in [2.45, 2.75) is 20.3 Å². The Labute approximate surface area is 95.2 Å². The minimum atomic E-state index is 0.0506. The molecule has 1 saturated heterocycles. The average molecular weight is 219 g/mol. The monoisotopic (exact) mass is 219 g/mol. The predicted octanol–water partition coefficient (Wildman–Crippen LogP) is 0.997. The topological polar surface area (TPSA) is 78.9 Å². The van der Waals surface area contributed by atoms with Crippen molar-refractivity contribution < 1.29 is 0 Å². The largest absolute Gasteiger partial charge is 0.384 e. The number of nitrogens with two attached hydrogens (primary N) is 1. The fourth-order valence-corrected chi connectivity index (χ4v) is 2.06. The number of anilines is 1. The van der Waals surface area contributed by atoms with E-state index in [-0.39, 0.29) is 5.84 Å². The van der Waals surface area contributed by atoms with Crippen molar-refractivity contribution in [2.24, 2.45) is 11.1 Å². The Morgan fingerprint density at radius 1 is 1.56 bits per heavy atom. The number of nitrogens with zero attached hydrogens (tertiary/aromatic N) is 3. The van der Waals surface area contributed by atoms with Crippen molar-refractivity contribution in [3.63, 3.8) is 0 Å². The number of aromatic nitrogens is 2. The van der Waals surface area contributed by atoms with Gasteiger partial charge in [0, 0.05) is 13.1 Å². The summed E-state index contributed by atoms with van der Waals surface area (Å²) in [4.78, 5) is 2.16. The molecule has 0 amide bonds. The van der Waals surface area contributed by atoms with Crippen LogP contribution in [0, 0.1) is 10.8 Å². The Kier molecular flexibility index (Phi) is 2.53. The number of hydrogen-bond acceptors (Lipinski definition) is 4. The van der Waals surface area contributed by atoms with Crippen LogP contribution in [-0.2, 0) is 0 Å². The number of rotatable bonds is 2. The third-order valence-corrected chi connectivity index (χ3v) is 2.97. The van der Waals surface area contributed by atoms with Crippen LogP contribution in [0.1, 0.15) is 25.8 Å². The molecule has 0 spiro atoms. The second kappa shape index (κ2) is 3.73. The third kappa shape index (κ3) is 1.98. The van der Waals surface area contributed by atoms with Gasteiger partial charge in [-0.05, 0) is 17.9 Å². The molecule has 0 saturated carbocycles. The smallest absolute Gasteiger partial charge is 0.162 e. The van der Waals surface area contributed by atoms with E-state index in [1.54, 1.807) is 12.3 Å². The van der Waals surface area contributed by atoms with Crippen LogP contribution >= 0.6 is 0 Å². The van der Waals surface area contributed by atoms with Gasteiger partial charge >= 0.3 is 0 Å². The van der Waals surface area contributed by atoms with E-state index < -0.39 is 0 Å². The molecule has 1 aliphatic heterocycles. The van der Waals surface area contributed by atoms with Crippen LogP contribution in [0.25, 0.3) is 0 Å². The van der Waals surface area contributed by atoms with E-state index >= 15 is 0 Å². The lowest BCUT2D eigenvalue weighted by Crippen LogP contribution is -2.27. The van der Waals surface area contributed by atoms with Crippen LogP contribution in [0.4, 0.5) is 5.82 Å². The van der Waals surface area contributed by atoms with E-state index in [9.17, 15) is 0 Å². The number of amidine groups is 1. The van der Waals surface area contributed by atoms with E-state index in [1.807, 2.05) is 0 Å². The van der Waals surface area contributed by atoms with Crippen LogP contribution in [-0.4, -0.2) is 29.1 Å². The molecular weight excluding hydrogens is 202 g/mol. The summed E-state index contributed by atoms with van der Waals surface area (Å²) in [6, 6.07) is 1.75. The molecule has 3 N–H and O–H groups in total. The lowest BCUT2D eigenvalue weighted by Gasteiger charge is -2.21. The summed E-state index contributed by atoms with van der Waals surface area (Å²) in [5.74, 6) is 0.787. The summed E-state index contributed by atoms with van der Waals surface area (Å²) in [5, 5.41) is 15.5. The molecule has 16 heavy (non-hydrogen) atoms. The highest BCUT2D eigenvalue weighted by Crippen LogP contribution is 2.32. The van der Waals surface area contributed by atoms with Gasteiger partial charge in [-0.25, -0.2) is 0 Å². The maximum Gasteiger partial charge on any atom is 0.162 e.